The number of nitrogens with zero attached hydrogens (tertiary/aromatic N) is 2. The largest absolute Gasteiger partial charge is 0.377 e. The first-order valence-electron chi connectivity index (χ1n) is 8.15. The molecular formula is C17H22N2O3S2. The zero-order valence-electron chi connectivity index (χ0n) is 13.9. The number of ether oxygens (including phenoxy) is 1. The van der Waals surface area contributed by atoms with Crippen molar-refractivity contribution in [3.05, 3.63) is 35.3 Å². The van der Waals surface area contributed by atoms with Crippen molar-refractivity contribution in [2.24, 2.45) is 0 Å². The number of piperidine rings is 1. The van der Waals surface area contributed by atoms with E-state index in [4.69, 9.17) is 4.74 Å². The minimum Gasteiger partial charge on any atom is -0.377 e. The highest BCUT2D eigenvalue weighted by atomic mass is 32.2. The minimum atomic E-state index is -3.51. The summed E-state index contributed by atoms with van der Waals surface area (Å²) in [5.41, 5.74) is 1.78. The third kappa shape index (κ3) is 3.69. The van der Waals surface area contributed by atoms with Crippen molar-refractivity contribution in [3.8, 4) is 10.6 Å². The van der Waals surface area contributed by atoms with Gasteiger partial charge < -0.3 is 4.74 Å². The lowest BCUT2D eigenvalue weighted by Gasteiger charge is -2.31. The number of aryl methyl sites for hydroxylation is 1. The number of benzene rings is 1. The average molecular weight is 367 g/mol. The van der Waals surface area contributed by atoms with Crippen LogP contribution in [0.15, 0.2) is 34.5 Å². The molecule has 1 fully saturated rings. The normalized spacial score (nSPS) is 19.5. The fourth-order valence-electron chi connectivity index (χ4n) is 2.92. The van der Waals surface area contributed by atoms with Crippen molar-refractivity contribution in [2.45, 2.75) is 37.7 Å². The van der Waals surface area contributed by atoms with Crippen molar-refractivity contribution < 1.29 is 13.2 Å². The maximum absolute atomic E-state index is 13.0. The van der Waals surface area contributed by atoms with Gasteiger partial charge in [-0.2, -0.15) is 4.31 Å². The Balaban J connectivity index is 1.87. The van der Waals surface area contributed by atoms with Gasteiger partial charge in [-0.15, -0.1) is 11.3 Å². The molecule has 1 aliphatic heterocycles. The molecule has 0 N–H and O–H groups in total. The molecule has 1 aromatic heterocycles. The first kappa shape index (κ1) is 17.5. The molecule has 0 amide bonds. The van der Waals surface area contributed by atoms with E-state index in [0.717, 1.165) is 29.1 Å². The predicted molar refractivity (Wildman–Crippen MR) is 95.7 cm³/mol. The van der Waals surface area contributed by atoms with E-state index < -0.39 is 10.0 Å². The van der Waals surface area contributed by atoms with Gasteiger partial charge in [0, 0.05) is 36.3 Å². The van der Waals surface area contributed by atoms with Gasteiger partial charge in [-0.25, -0.2) is 13.4 Å². The Morgan fingerprint density at radius 2 is 2.25 bits per heavy atom. The van der Waals surface area contributed by atoms with Crippen LogP contribution < -0.4 is 0 Å². The molecule has 130 valence electrons. The van der Waals surface area contributed by atoms with E-state index >= 15 is 0 Å². The van der Waals surface area contributed by atoms with E-state index in [9.17, 15) is 8.42 Å². The zero-order valence-corrected chi connectivity index (χ0v) is 15.6. The van der Waals surface area contributed by atoms with Gasteiger partial charge in [0.15, 0.2) is 0 Å². The van der Waals surface area contributed by atoms with E-state index in [1.807, 2.05) is 25.3 Å². The minimum absolute atomic E-state index is 0.0108. The molecule has 0 spiro atoms. The molecule has 2 aromatic rings. The topological polar surface area (TPSA) is 59.5 Å². The van der Waals surface area contributed by atoms with Crippen molar-refractivity contribution >= 4 is 21.4 Å². The van der Waals surface area contributed by atoms with Crippen molar-refractivity contribution in [2.75, 3.05) is 19.7 Å². The van der Waals surface area contributed by atoms with Gasteiger partial charge in [-0.05, 0) is 38.8 Å². The molecule has 0 radical (unpaired) electrons. The third-order valence-electron chi connectivity index (χ3n) is 4.08. The van der Waals surface area contributed by atoms with Crippen molar-refractivity contribution in [1.82, 2.24) is 9.29 Å². The maximum atomic E-state index is 13.0. The van der Waals surface area contributed by atoms with Gasteiger partial charge in [0.25, 0.3) is 0 Å². The maximum Gasteiger partial charge on any atom is 0.243 e. The van der Waals surface area contributed by atoms with Gasteiger partial charge in [-0.3, -0.25) is 0 Å². The number of rotatable bonds is 5. The zero-order chi connectivity index (χ0) is 17.2. The van der Waals surface area contributed by atoms with Crippen molar-refractivity contribution in [3.63, 3.8) is 0 Å². The van der Waals surface area contributed by atoms with Crippen LogP contribution in [0.2, 0.25) is 0 Å². The molecule has 1 saturated heterocycles. The summed E-state index contributed by atoms with van der Waals surface area (Å²) in [5.74, 6) is 0. The van der Waals surface area contributed by atoms with Crippen molar-refractivity contribution in [1.29, 1.82) is 0 Å². The molecule has 3 rings (SSSR count). The summed E-state index contributed by atoms with van der Waals surface area (Å²) in [6.45, 7) is 5.45. The number of hydrogen-bond donors (Lipinski definition) is 0. The molecule has 1 atom stereocenters. The molecule has 1 aliphatic rings. The quantitative estimate of drug-likeness (QED) is 0.814. The van der Waals surface area contributed by atoms with Crippen LogP contribution in [0.3, 0.4) is 0 Å². The van der Waals surface area contributed by atoms with E-state index in [2.05, 4.69) is 4.98 Å². The summed E-state index contributed by atoms with van der Waals surface area (Å²) in [6.07, 6.45) is 1.73. The van der Waals surface area contributed by atoms with Crippen LogP contribution in [0.5, 0.6) is 0 Å². The molecule has 0 aliphatic carbocycles. The van der Waals surface area contributed by atoms with Crippen LogP contribution in [-0.2, 0) is 14.8 Å². The number of aromatic nitrogens is 1. The lowest BCUT2D eigenvalue weighted by atomic mass is 10.1. The van der Waals surface area contributed by atoms with E-state index in [1.54, 1.807) is 22.5 Å². The summed E-state index contributed by atoms with van der Waals surface area (Å²) in [7, 11) is -3.51. The molecule has 1 aromatic carbocycles. The second-order valence-corrected chi connectivity index (χ2v) is 8.70. The Bertz CT molecular complexity index is 800. The summed E-state index contributed by atoms with van der Waals surface area (Å²) in [6, 6.07) is 7.06. The van der Waals surface area contributed by atoms with Gasteiger partial charge in [0.05, 0.1) is 11.0 Å². The van der Waals surface area contributed by atoms with Gasteiger partial charge in [0.2, 0.25) is 10.0 Å². The highest BCUT2D eigenvalue weighted by Crippen LogP contribution is 2.28. The molecule has 24 heavy (non-hydrogen) atoms. The van der Waals surface area contributed by atoms with Gasteiger partial charge in [0.1, 0.15) is 5.01 Å². The first-order valence-corrected chi connectivity index (χ1v) is 10.5. The Hall–Kier alpha value is -1.28. The summed E-state index contributed by atoms with van der Waals surface area (Å²) in [4.78, 5) is 4.77. The summed E-state index contributed by atoms with van der Waals surface area (Å²) < 4.78 is 33.1. The molecule has 7 heteroatoms. The Labute approximate surface area is 147 Å². The van der Waals surface area contributed by atoms with E-state index in [1.165, 1.54) is 11.3 Å². The molecule has 0 bridgehead atoms. The lowest BCUT2D eigenvalue weighted by Crippen LogP contribution is -2.43. The Morgan fingerprint density at radius 3 is 2.96 bits per heavy atom. The summed E-state index contributed by atoms with van der Waals surface area (Å²) >= 11 is 1.53. The van der Waals surface area contributed by atoms with Gasteiger partial charge in [-0.1, -0.05) is 12.1 Å². The van der Waals surface area contributed by atoms with Crippen LogP contribution in [0.4, 0.5) is 0 Å². The Kier molecular flexibility index (Phi) is 5.34. The third-order valence-corrected chi connectivity index (χ3v) is 6.95. The molecular weight excluding hydrogens is 344 g/mol. The average Bonchev–Trinajstić information content (AvgIpc) is 3.02. The fraction of sp³-hybridized carbons (Fsp3) is 0.471. The van der Waals surface area contributed by atoms with E-state index in [-0.39, 0.29) is 6.10 Å². The van der Waals surface area contributed by atoms with Crippen LogP contribution in [0.1, 0.15) is 25.5 Å². The molecule has 0 saturated carbocycles. The highest BCUT2D eigenvalue weighted by Gasteiger charge is 2.30. The predicted octanol–water partition coefficient (Wildman–Crippen LogP) is 3.31. The summed E-state index contributed by atoms with van der Waals surface area (Å²) in [5, 5.41) is 2.81. The molecule has 2 heterocycles. The van der Waals surface area contributed by atoms with Crippen LogP contribution in [0.25, 0.3) is 10.6 Å². The lowest BCUT2D eigenvalue weighted by molar-refractivity contribution is 0.0265. The number of hydrogen-bond acceptors (Lipinski definition) is 5. The Morgan fingerprint density at radius 1 is 1.42 bits per heavy atom. The van der Waals surface area contributed by atoms with Crippen LogP contribution in [-0.4, -0.2) is 43.5 Å². The molecule has 0 unspecified atom stereocenters. The molecule has 5 nitrogen and oxygen atoms in total. The smallest absolute Gasteiger partial charge is 0.243 e. The second-order valence-electron chi connectivity index (χ2n) is 5.90. The highest BCUT2D eigenvalue weighted by molar-refractivity contribution is 7.89. The monoisotopic (exact) mass is 366 g/mol. The van der Waals surface area contributed by atoms with Crippen LogP contribution in [0, 0.1) is 6.92 Å². The van der Waals surface area contributed by atoms with E-state index in [0.29, 0.717) is 24.6 Å². The SMILES string of the molecule is CCO[C@H]1CCCN(S(=O)(=O)c2cccc(-c3nc(C)cs3)c2)C1. The first-order chi connectivity index (χ1) is 11.5. The fourth-order valence-corrected chi connectivity index (χ4v) is 5.27. The standard InChI is InChI=1S/C17H22N2O3S2/c1-3-22-15-7-5-9-19(11-15)24(20,21)16-8-4-6-14(10-16)17-18-13(2)12-23-17/h4,6,8,10,12,15H,3,5,7,9,11H2,1-2H3/t15-/m0/s1. The van der Waals surface area contributed by atoms with Crippen LogP contribution >= 0.6 is 11.3 Å². The number of thiazole rings is 1. The number of sulfonamides is 1. The van der Waals surface area contributed by atoms with Gasteiger partial charge >= 0.3 is 0 Å². The second kappa shape index (κ2) is 7.31.